The molecule has 0 radical (unpaired) electrons. The van der Waals surface area contributed by atoms with Crippen LogP contribution in [0.4, 0.5) is 5.82 Å². The van der Waals surface area contributed by atoms with Crippen LogP contribution in [0.2, 0.25) is 0 Å². The van der Waals surface area contributed by atoms with Crippen molar-refractivity contribution in [2.24, 2.45) is 0 Å². The van der Waals surface area contributed by atoms with Crippen LogP contribution < -0.4 is 5.32 Å². The number of aryl methyl sites for hydroxylation is 1. The van der Waals surface area contributed by atoms with Crippen molar-refractivity contribution in [3.63, 3.8) is 0 Å². The van der Waals surface area contributed by atoms with Gasteiger partial charge in [-0.3, -0.25) is 4.40 Å². The fourth-order valence-corrected chi connectivity index (χ4v) is 3.75. The second-order valence-electron chi connectivity index (χ2n) is 7.53. The number of anilines is 1. The molecule has 0 spiro atoms. The number of imidazole rings is 1. The first-order valence-corrected chi connectivity index (χ1v) is 10.2. The average Bonchev–Trinajstić information content (AvgIpc) is 3.16. The molecule has 0 aliphatic carbocycles. The number of nitrogens with one attached hydrogen (secondary N) is 1. The van der Waals surface area contributed by atoms with Crippen LogP contribution in [0.25, 0.3) is 28.0 Å². The van der Waals surface area contributed by atoms with Crippen LogP contribution in [0.1, 0.15) is 11.1 Å². The maximum Gasteiger partial charge on any atom is 0.139 e. The highest BCUT2D eigenvalue weighted by Crippen LogP contribution is 2.31. The number of nitrogens with zero attached hydrogens (tertiary/aromatic N) is 2. The van der Waals surface area contributed by atoms with E-state index in [1.807, 2.05) is 12.1 Å². The van der Waals surface area contributed by atoms with Gasteiger partial charge in [0, 0.05) is 18.3 Å². The van der Waals surface area contributed by atoms with Crippen molar-refractivity contribution in [3.8, 4) is 22.4 Å². The highest BCUT2D eigenvalue weighted by molar-refractivity contribution is 5.78. The summed E-state index contributed by atoms with van der Waals surface area (Å²) in [5, 5.41) is 3.63. The summed E-state index contributed by atoms with van der Waals surface area (Å²) in [5.74, 6) is 1.02. The summed E-state index contributed by atoms with van der Waals surface area (Å²) in [6.45, 7) is 2.85. The number of pyridine rings is 1. The van der Waals surface area contributed by atoms with Crippen molar-refractivity contribution in [2.75, 3.05) is 5.32 Å². The van der Waals surface area contributed by atoms with Gasteiger partial charge in [0.1, 0.15) is 17.2 Å². The Morgan fingerprint density at radius 1 is 0.700 bits per heavy atom. The van der Waals surface area contributed by atoms with Gasteiger partial charge in [-0.25, -0.2) is 4.98 Å². The number of fused-ring (bicyclic) bond motifs is 1. The molecule has 0 saturated carbocycles. The van der Waals surface area contributed by atoms with E-state index in [-0.39, 0.29) is 0 Å². The van der Waals surface area contributed by atoms with E-state index in [1.54, 1.807) is 0 Å². The Morgan fingerprint density at radius 3 is 2.07 bits per heavy atom. The Kier molecular flexibility index (Phi) is 4.78. The summed E-state index contributed by atoms with van der Waals surface area (Å²) < 4.78 is 2.15. The summed E-state index contributed by atoms with van der Waals surface area (Å²) in [7, 11) is 0. The maximum absolute atomic E-state index is 4.94. The SMILES string of the molecule is Cc1ccc2nc(-c3ccc(-c4ccccc4)cc3)c(NCc3ccccc3)n2c1. The number of rotatable bonds is 5. The van der Waals surface area contributed by atoms with E-state index in [0.717, 1.165) is 29.3 Å². The van der Waals surface area contributed by atoms with Crippen molar-refractivity contribution in [1.82, 2.24) is 9.38 Å². The minimum absolute atomic E-state index is 0.748. The van der Waals surface area contributed by atoms with Crippen molar-refractivity contribution in [2.45, 2.75) is 13.5 Å². The lowest BCUT2D eigenvalue weighted by molar-refractivity contribution is 1.08. The van der Waals surface area contributed by atoms with Crippen LogP contribution in [0.3, 0.4) is 0 Å². The molecule has 5 aromatic rings. The van der Waals surface area contributed by atoms with Crippen LogP contribution >= 0.6 is 0 Å². The zero-order chi connectivity index (χ0) is 20.3. The van der Waals surface area contributed by atoms with Crippen LogP contribution in [0, 0.1) is 6.92 Å². The van der Waals surface area contributed by atoms with Crippen molar-refractivity contribution < 1.29 is 0 Å². The molecule has 0 fully saturated rings. The third-order valence-electron chi connectivity index (χ3n) is 5.33. The van der Waals surface area contributed by atoms with E-state index in [2.05, 4.69) is 108 Å². The third kappa shape index (κ3) is 3.58. The molecular formula is C27H23N3. The standard InChI is InChI=1S/C27H23N3/c1-20-12-17-25-29-26(24-15-13-23(14-16-24)22-10-6-3-7-11-22)27(30(25)19-20)28-18-21-8-4-2-5-9-21/h2-17,19,28H,18H2,1H3. The summed E-state index contributed by atoms with van der Waals surface area (Å²) in [6, 6.07) is 33.7. The smallest absolute Gasteiger partial charge is 0.139 e. The minimum atomic E-state index is 0.748. The number of hydrogen-bond donors (Lipinski definition) is 1. The van der Waals surface area contributed by atoms with Gasteiger partial charge in [0.25, 0.3) is 0 Å². The number of aromatic nitrogens is 2. The van der Waals surface area contributed by atoms with Gasteiger partial charge in [-0.15, -0.1) is 0 Å². The first-order chi connectivity index (χ1) is 14.8. The lowest BCUT2D eigenvalue weighted by Gasteiger charge is -2.10. The molecule has 1 N–H and O–H groups in total. The highest BCUT2D eigenvalue weighted by atomic mass is 15.1. The average molecular weight is 390 g/mol. The predicted octanol–water partition coefficient (Wildman–Crippen LogP) is 6.59. The lowest BCUT2D eigenvalue weighted by atomic mass is 10.0. The summed E-state index contributed by atoms with van der Waals surface area (Å²) in [4.78, 5) is 4.94. The molecule has 0 saturated heterocycles. The summed E-state index contributed by atoms with van der Waals surface area (Å²) >= 11 is 0. The van der Waals surface area contributed by atoms with Gasteiger partial charge in [-0.05, 0) is 35.2 Å². The van der Waals surface area contributed by atoms with Gasteiger partial charge in [0.15, 0.2) is 0 Å². The number of hydrogen-bond acceptors (Lipinski definition) is 2. The quantitative estimate of drug-likeness (QED) is 0.367. The largest absolute Gasteiger partial charge is 0.365 e. The molecule has 3 nitrogen and oxygen atoms in total. The minimum Gasteiger partial charge on any atom is -0.365 e. The van der Waals surface area contributed by atoms with Crippen LogP contribution in [0.15, 0.2) is 103 Å². The molecule has 0 unspecified atom stereocenters. The Bertz CT molecular complexity index is 1270. The number of benzene rings is 3. The first-order valence-electron chi connectivity index (χ1n) is 10.2. The molecule has 5 rings (SSSR count). The van der Waals surface area contributed by atoms with E-state index >= 15 is 0 Å². The fourth-order valence-electron chi connectivity index (χ4n) is 3.75. The Hall–Kier alpha value is -3.85. The fraction of sp³-hybridized carbons (Fsp3) is 0.0741. The monoisotopic (exact) mass is 389 g/mol. The van der Waals surface area contributed by atoms with Gasteiger partial charge < -0.3 is 5.32 Å². The Balaban J connectivity index is 1.54. The molecule has 146 valence electrons. The molecular weight excluding hydrogens is 366 g/mol. The van der Waals surface area contributed by atoms with E-state index in [4.69, 9.17) is 4.98 Å². The lowest BCUT2D eigenvalue weighted by Crippen LogP contribution is -2.03. The van der Waals surface area contributed by atoms with Crippen molar-refractivity contribution >= 4 is 11.5 Å². The second kappa shape index (κ2) is 7.88. The first kappa shape index (κ1) is 18.2. The van der Waals surface area contributed by atoms with Crippen molar-refractivity contribution in [3.05, 3.63) is 114 Å². The summed E-state index contributed by atoms with van der Waals surface area (Å²) in [5.41, 5.74) is 7.88. The molecule has 0 atom stereocenters. The third-order valence-corrected chi connectivity index (χ3v) is 5.33. The van der Waals surface area contributed by atoms with Gasteiger partial charge >= 0.3 is 0 Å². The Labute approximate surface area is 176 Å². The zero-order valence-electron chi connectivity index (χ0n) is 16.9. The van der Waals surface area contributed by atoms with E-state index < -0.39 is 0 Å². The predicted molar refractivity (Wildman–Crippen MR) is 125 cm³/mol. The molecule has 2 heterocycles. The molecule has 0 aliphatic rings. The maximum atomic E-state index is 4.94. The molecule has 0 bridgehead atoms. The topological polar surface area (TPSA) is 29.3 Å². The Morgan fingerprint density at radius 2 is 1.33 bits per heavy atom. The molecule has 3 heteroatoms. The van der Waals surface area contributed by atoms with Gasteiger partial charge in [-0.2, -0.15) is 0 Å². The normalized spacial score (nSPS) is 11.0. The molecule has 30 heavy (non-hydrogen) atoms. The molecule has 2 aromatic heterocycles. The highest BCUT2D eigenvalue weighted by Gasteiger charge is 2.14. The molecule has 3 aromatic carbocycles. The molecule has 0 aliphatic heterocycles. The second-order valence-corrected chi connectivity index (χ2v) is 7.53. The van der Waals surface area contributed by atoms with E-state index in [0.29, 0.717) is 0 Å². The van der Waals surface area contributed by atoms with Crippen LogP contribution in [-0.4, -0.2) is 9.38 Å². The van der Waals surface area contributed by atoms with Gasteiger partial charge in [0.05, 0.1) is 0 Å². The van der Waals surface area contributed by atoms with Crippen molar-refractivity contribution in [1.29, 1.82) is 0 Å². The van der Waals surface area contributed by atoms with Crippen LogP contribution in [0.5, 0.6) is 0 Å². The van der Waals surface area contributed by atoms with Gasteiger partial charge in [0.2, 0.25) is 0 Å². The van der Waals surface area contributed by atoms with Crippen LogP contribution in [-0.2, 0) is 6.54 Å². The zero-order valence-corrected chi connectivity index (χ0v) is 16.9. The van der Waals surface area contributed by atoms with E-state index in [1.165, 1.54) is 22.3 Å². The van der Waals surface area contributed by atoms with E-state index in [9.17, 15) is 0 Å². The molecule has 0 amide bonds. The van der Waals surface area contributed by atoms with Gasteiger partial charge in [-0.1, -0.05) is 91.0 Å². The summed E-state index contributed by atoms with van der Waals surface area (Å²) in [6.07, 6.45) is 2.14.